The van der Waals surface area contributed by atoms with Crippen molar-refractivity contribution in [1.82, 2.24) is 14.0 Å². The molecule has 0 radical (unpaired) electrons. The lowest BCUT2D eigenvalue weighted by Gasteiger charge is -2.21. The SMILES string of the molecule is CCCCn1c(O)c(C(=C=C2SC(c3ccccc3)=C(c3ccccc3)N2CC)c2ccccc2)c(=O)n(CCCC)c1=S. The minimum absolute atomic E-state index is 0.0984. The van der Waals surface area contributed by atoms with Crippen LogP contribution in [0.1, 0.15) is 68.7 Å². The number of hydrogen-bond acceptors (Lipinski definition) is 5. The Labute approximate surface area is 269 Å². The van der Waals surface area contributed by atoms with Crippen LogP contribution in [-0.2, 0) is 13.1 Å². The van der Waals surface area contributed by atoms with Crippen molar-refractivity contribution in [3.63, 3.8) is 0 Å². The molecule has 0 aliphatic carbocycles. The molecule has 0 bridgehead atoms. The summed E-state index contributed by atoms with van der Waals surface area (Å²) in [6, 6.07) is 30.6. The third-order valence-electron chi connectivity index (χ3n) is 7.74. The van der Waals surface area contributed by atoms with Gasteiger partial charge in [0.25, 0.3) is 5.56 Å². The van der Waals surface area contributed by atoms with Gasteiger partial charge >= 0.3 is 0 Å². The van der Waals surface area contributed by atoms with Crippen LogP contribution in [0, 0.1) is 4.77 Å². The molecular weight excluding hydrogens is 583 g/mol. The molecule has 3 aromatic carbocycles. The Morgan fingerprint density at radius 2 is 1.34 bits per heavy atom. The summed E-state index contributed by atoms with van der Waals surface area (Å²) >= 11 is 7.43. The second-order valence-electron chi connectivity index (χ2n) is 10.7. The van der Waals surface area contributed by atoms with Crippen molar-refractivity contribution in [3.8, 4) is 5.88 Å². The van der Waals surface area contributed by atoms with Crippen LogP contribution in [-0.4, -0.2) is 25.7 Å². The van der Waals surface area contributed by atoms with Crippen molar-refractivity contribution in [2.24, 2.45) is 0 Å². The van der Waals surface area contributed by atoms with Gasteiger partial charge in [-0.2, -0.15) is 0 Å². The second kappa shape index (κ2) is 14.6. The molecule has 0 unspecified atom stereocenters. The molecule has 1 N–H and O–H groups in total. The molecule has 1 aromatic heterocycles. The lowest BCUT2D eigenvalue weighted by atomic mass is 10.00. The van der Waals surface area contributed by atoms with E-state index in [1.165, 1.54) is 0 Å². The van der Waals surface area contributed by atoms with E-state index in [1.807, 2.05) is 42.5 Å². The van der Waals surface area contributed by atoms with Gasteiger partial charge in [-0.25, -0.2) is 0 Å². The molecule has 0 saturated carbocycles. The molecule has 0 amide bonds. The molecule has 1 aliphatic heterocycles. The summed E-state index contributed by atoms with van der Waals surface area (Å²) in [5.74, 6) is -0.0984. The number of thioether (sulfide) groups is 1. The van der Waals surface area contributed by atoms with Gasteiger partial charge in [-0.3, -0.25) is 13.9 Å². The standard InChI is InChI=1S/C37H39N3O2S2/c1-4-7-24-39-35(41)32(36(42)40(37(39)43)25-8-5-2)30(27-18-12-9-13-19-27)26-31-38(6-3)33(28-20-14-10-15-21-28)34(44-31)29-22-16-11-17-23-29/h9-23,41H,4-8,24-25H2,1-3H3. The maximum Gasteiger partial charge on any atom is 0.266 e. The Kier molecular flexibility index (Phi) is 10.4. The smallest absolute Gasteiger partial charge is 0.266 e. The summed E-state index contributed by atoms with van der Waals surface area (Å²) in [7, 11) is 0. The van der Waals surface area contributed by atoms with Crippen LogP contribution in [0.25, 0.3) is 16.2 Å². The van der Waals surface area contributed by atoms with Gasteiger partial charge in [0.1, 0.15) is 10.6 Å². The molecule has 4 aromatic rings. The highest BCUT2D eigenvalue weighted by molar-refractivity contribution is 8.12. The number of benzene rings is 3. The fourth-order valence-electron chi connectivity index (χ4n) is 5.42. The molecule has 0 atom stereocenters. The molecule has 1 aliphatic rings. The van der Waals surface area contributed by atoms with Gasteiger partial charge < -0.3 is 10.0 Å². The van der Waals surface area contributed by atoms with Gasteiger partial charge in [0, 0.05) is 30.1 Å². The topological polar surface area (TPSA) is 50.4 Å². The van der Waals surface area contributed by atoms with Gasteiger partial charge in [-0.05, 0) is 48.7 Å². The largest absolute Gasteiger partial charge is 0.494 e. The van der Waals surface area contributed by atoms with E-state index in [1.54, 1.807) is 20.9 Å². The predicted octanol–water partition coefficient (Wildman–Crippen LogP) is 9.15. The Balaban J connectivity index is 1.83. The van der Waals surface area contributed by atoms with E-state index >= 15 is 0 Å². The van der Waals surface area contributed by atoms with Crippen molar-refractivity contribution >= 4 is 40.2 Å². The Morgan fingerprint density at radius 3 is 1.91 bits per heavy atom. The highest BCUT2D eigenvalue weighted by atomic mass is 32.2. The third-order valence-corrected chi connectivity index (χ3v) is 9.33. The highest BCUT2D eigenvalue weighted by Crippen LogP contribution is 2.50. The minimum atomic E-state index is -0.286. The molecule has 2 heterocycles. The van der Waals surface area contributed by atoms with Crippen LogP contribution in [0.2, 0.25) is 0 Å². The number of hydrogen-bond donors (Lipinski definition) is 1. The first-order valence-electron chi connectivity index (χ1n) is 15.4. The van der Waals surface area contributed by atoms with E-state index in [0.717, 1.165) is 58.0 Å². The Morgan fingerprint density at radius 1 is 0.795 bits per heavy atom. The molecule has 5 nitrogen and oxygen atoms in total. The van der Waals surface area contributed by atoms with Crippen LogP contribution < -0.4 is 5.56 Å². The Bertz CT molecular complexity index is 1820. The van der Waals surface area contributed by atoms with Gasteiger partial charge in [-0.1, -0.05) is 135 Å². The molecule has 226 valence electrons. The van der Waals surface area contributed by atoms with Crippen LogP contribution in [0.3, 0.4) is 0 Å². The predicted molar refractivity (Wildman–Crippen MR) is 187 cm³/mol. The minimum Gasteiger partial charge on any atom is -0.494 e. The van der Waals surface area contributed by atoms with Crippen molar-refractivity contribution < 1.29 is 5.11 Å². The fraction of sp³-hybridized carbons (Fsp3) is 0.270. The summed E-state index contributed by atoms with van der Waals surface area (Å²) in [6.07, 6.45) is 3.52. The van der Waals surface area contributed by atoms with Crippen molar-refractivity contribution in [3.05, 3.63) is 139 Å². The van der Waals surface area contributed by atoms with Crippen molar-refractivity contribution in [1.29, 1.82) is 0 Å². The molecular formula is C37H39N3O2S2. The lowest BCUT2D eigenvalue weighted by Crippen LogP contribution is -2.29. The molecule has 0 saturated heterocycles. The fourth-order valence-corrected chi connectivity index (χ4v) is 7.02. The average molecular weight is 622 g/mol. The first-order valence-corrected chi connectivity index (χ1v) is 16.7. The number of aromatic nitrogens is 2. The Hall–Kier alpha value is -4.03. The number of aromatic hydroxyl groups is 1. The number of unbranched alkanes of at least 4 members (excludes halogenated alkanes) is 2. The zero-order valence-electron chi connectivity index (χ0n) is 25.6. The first kappa shape index (κ1) is 31.4. The molecule has 44 heavy (non-hydrogen) atoms. The van der Waals surface area contributed by atoms with E-state index in [4.69, 9.17) is 12.2 Å². The first-order chi connectivity index (χ1) is 21.5. The molecule has 0 fully saturated rings. The third kappa shape index (κ3) is 6.41. The van der Waals surface area contributed by atoms with Crippen molar-refractivity contribution in [2.45, 2.75) is 59.5 Å². The average Bonchev–Trinajstić information content (AvgIpc) is 3.43. The zero-order valence-corrected chi connectivity index (χ0v) is 27.3. The zero-order chi connectivity index (χ0) is 31.1. The van der Waals surface area contributed by atoms with Gasteiger partial charge in [0.15, 0.2) is 4.77 Å². The summed E-state index contributed by atoms with van der Waals surface area (Å²) in [4.78, 5) is 17.7. The van der Waals surface area contributed by atoms with Gasteiger partial charge in [0.05, 0.1) is 5.70 Å². The summed E-state index contributed by atoms with van der Waals surface area (Å²) in [6.45, 7) is 8.06. The van der Waals surface area contributed by atoms with E-state index in [-0.39, 0.29) is 17.0 Å². The second-order valence-corrected chi connectivity index (χ2v) is 12.1. The number of nitrogens with zero attached hydrogens (tertiary/aromatic N) is 3. The van der Waals surface area contributed by atoms with Crippen LogP contribution in [0.4, 0.5) is 0 Å². The normalized spacial score (nSPS) is 13.0. The van der Waals surface area contributed by atoms with Crippen LogP contribution in [0.15, 0.2) is 107 Å². The molecule has 7 heteroatoms. The van der Waals surface area contributed by atoms with Gasteiger partial charge in [-0.15, -0.1) is 0 Å². The highest BCUT2D eigenvalue weighted by Gasteiger charge is 2.30. The molecule has 5 rings (SSSR count). The van der Waals surface area contributed by atoms with Crippen LogP contribution in [0.5, 0.6) is 5.88 Å². The summed E-state index contributed by atoms with van der Waals surface area (Å²) in [5.41, 5.74) is 8.31. The number of rotatable bonds is 11. The quantitative estimate of drug-likeness (QED) is 0.134. The van der Waals surface area contributed by atoms with E-state index < -0.39 is 0 Å². The van der Waals surface area contributed by atoms with Gasteiger partial charge in [0.2, 0.25) is 5.88 Å². The summed E-state index contributed by atoms with van der Waals surface area (Å²) < 4.78 is 3.74. The van der Waals surface area contributed by atoms with E-state index in [9.17, 15) is 9.90 Å². The van der Waals surface area contributed by atoms with Crippen LogP contribution >= 0.6 is 24.0 Å². The molecule has 0 spiro atoms. The maximum atomic E-state index is 14.3. The van der Waals surface area contributed by atoms with E-state index in [2.05, 4.69) is 79.9 Å². The monoisotopic (exact) mass is 621 g/mol. The van der Waals surface area contributed by atoms with E-state index in [0.29, 0.717) is 30.0 Å². The summed E-state index contributed by atoms with van der Waals surface area (Å²) in [5, 5.41) is 12.7. The maximum absolute atomic E-state index is 14.3. The van der Waals surface area contributed by atoms with Crippen molar-refractivity contribution in [2.75, 3.05) is 6.54 Å². The lowest BCUT2D eigenvalue weighted by molar-refractivity contribution is 0.386.